The highest BCUT2D eigenvalue weighted by molar-refractivity contribution is 7.90. The van der Waals surface area contributed by atoms with Crippen LogP contribution in [0.2, 0.25) is 0 Å². The Hall–Kier alpha value is -2.74. The van der Waals surface area contributed by atoms with Crippen LogP contribution in [-0.4, -0.2) is 31.1 Å². The second-order valence-electron chi connectivity index (χ2n) is 7.06. The Kier molecular flexibility index (Phi) is 6.08. The van der Waals surface area contributed by atoms with Crippen molar-refractivity contribution in [2.24, 2.45) is 10.3 Å². The average molecular weight is 400 g/mol. The minimum absolute atomic E-state index is 0.0878. The molecule has 1 heterocycles. The number of nitrogens with one attached hydrogen (secondary N) is 2. The molecule has 7 nitrogen and oxygen atoms in total. The molecule has 1 aliphatic rings. The van der Waals surface area contributed by atoms with Crippen molar-refractivity contribution < 1.29 is 8.42 Å². The van der Waals surface area contributed by atoms with E-state index in [1.54, 1.807) is 24.4 Å². The zero-order valence-electron chi connectivity index (χ0n) is 15.9. The van der Waals surface area contributed by atoms with E-state index in [1.165, 1.54) is 25.0 Å². The Morgan fingerprint density at radius 3 is 2.46 bits per heavy atom. The predicted octanol–water partition coefficient (Wildman–Crippen LogP) is 4.24. The summed E-state index contributed by atoms with van der Waals surface area (Å²) in [6, 6.07) is 6.60. The Balaban J connectivity index is 1.75. The van der Waals surface area contributed by atoms with Crippen LogP contribution in [0, 0.1) is 5.92 Å². The van der Waals surface area contributed by atoms with E-state index in [0.29, 0.717) is 17.7 Å². The molecule has 1 aromatic carbocycles. The first kappa shape index (κ1) is 20.0. The predicted molar refractivity (Wildman–Crippen MR) is 114 cm³/mol. The lowest BCUT2D eigenvalue weighted by molar-refractivity contribution is 0.361. The van der Waals surface area contributed by atoms with Crippen LogP contribution < -0.4 is 10.6 Å². The summed E-state index contributed by atoms with van der Waals surface area (Å²) in [4.78, 5) is 8.99. The maximum absolute atomic E-state index is 11.7. The molecule has 0 spiro atoms. The molecular weight excluding hydrogens is 374 g/mol. The summed E-state index contributed by atoms with van der Waals surface area (Å²) in [5.74, 6) is 1.96. The fraction of sp³-hybridized carbons (Fsp3) is 0.350. The zero-order chi connectivity index (χ0) is 20.1. The SMILES string of the molecule is C=Cc1cnc(Nc2ccc(S(=O)(=O)N=C)cc2)nc1NC1CCC(C)CC1. The van der Waals surface area contributed by atoms with Crippen LogP contribution >= 0.6 is 0 Å². The number of hydrogen-bond donors (Lipinski definition) is 2. The molecule has 2 N–H and O–H groups in total. The molecule has 1 saturated carbocycles. The van der Waals surface area contributed by atoms with Crippen LogP contribution in [0.5, 0.6) is 0 Å². The molecular formula is C20H25N5O2S. The van der Waals surface area contributed by atoms with Crippen LogP contribution in [0.3, 0.4) is 0 Å². The molecule has 0 saturated heterocycles. The lowest BCUT2D eigenvalue weighted by Crippen LogP contribution is -2.26. The number of sulfonamides is 1. The second-order valence-corrected chi connectivity index (χ2v) is 8.74. The maximum Gasteiger partial charge on any atom is 0.281 e. The molecule has 8 heteroatoms. The fourth-order valence-electron chi connectivity index (χ4n) is 3.23. The van der Waals surface area contributed by atoms with Crippen molar-refractivity contribution in [1.29, 1.82) is 0 Å². The van der Waals surface area contributed by atoms with E-state index in [1.807, 2.05) is 0 Å². The van der Waals surface area contributed by atoms with Crippen molar-refractivity contribution in [2.45, 2.75) is 43.5 Å². The molecule has 0 atom stereocenters. The molecule has 0 unspecified atom stereocenters. The van der Waals surface area contributed by atoms with Crippen LogP contribution in [0.25, 0.3) is 6.08 Å². The van der Waals surface area contributed by atoms with Crippen LogP contribution in [0.15, 0.2) is 46.3 Å². The van der Waals surface area contributed by atoms with Crippen LogP contribution in [-0.2, 0) is 10.0 Å². The highest BCUT2D eigenvalue weighted by Gasteiger charge is 2.19. The Bertz CT molecular complexity index is 949. The summed E-state index contributed by atoms with van der Waals surface area (Å²) in [5, 5.41) is 6.62. The highest BCUT2D eigenvalue weighted by atomic mass is 32.2. The van der Waals surface area contributed by atoms with E-state index in [4.69, 9.17) is 0 Å². The van der Waals surface area contributed by atoms with E-state index in [0.717, 1.165) is 30.1 Å². The van der Waals surface area contributed by atoms with Crippen LogP contribution in [0.1, 0.15) is 38.2 Å². The van der Waals surface area contributed by atoms with Crippen molar-refractivity contribution in [1.82, 2.24) is 9.97 Å². The number of benzene rings is 1. The largest absolute Gasteiger partial charge is 0.367 e. The van der Waals surface area contributed by atoms with Gasteiger partial charge in [0.2, 0.25) is 5.95 Å². The molecule has 0 bridgehead atoms. The van der Waals surface area contributed by atoms with Crippen molar-refractivity contribution in [3.8, 4) is 0 Å². The summed E-state index contributed by atoms with van der Waals surface area (Å²) < 4.78 is 26.6. The Morgan fingerprint density at radius 1 is 1.18 bits per heavy atom. The summed E-state index contributed by atoms with van der Waals surface area (Å²) in [6.45, 7) is 9.22. The van der Waals surface area contributed by atoms with E-state index in [9.17, 15) is 8.42 Å². The first-order valence-corrected chi connectivity index (χ1v) is 10.7. The molecule has 1 aromatic heterocycles. The van der Waals surface area contributed by atoms with E-state index >= 15 is 0 Å². The van der Waals surface area contributed by atoms with Gasteiger partial charge in [-0.25, -0.2) is 4.98 Å². The van der Waals surface area contributed by atoms with Crippen LogP contribution in [0.4, 0.5) is 17.5 Å². The van der Waals surface area contributed by atoms with Gasteiger partial charge in [-0.3, -0.25) is 0 Å². The normalized spacial score (nSPS) is 19.6. The lowest BCUT2D eigenvalue weighted by atomic mass is 9.87. The molecule has 3 rings (SSSR count). The van der Waals surface area contributed by atoms with Gasteiger partial charge in [0.25, 0.3) is 10.0 Å². The van der Waals surface area contributed by atoms with Gasteiger partial charge in [0.05, 0.1) is 4.90 Å². The number of rotatable bonds is 7. The third kappa shape index (κ3) is 4.75. The van der Waals surface area contributed by atoms with Gasteiger partial charge < -0.3 is 10.6 Å². The molecule has 0 radical (unpaired) electrons. The lowest BCUT2D eigenvalue weighted by Gasteiger charge is -2.27. The van der Waals surface area contributed by atoms with Crippen molar-refractivity contribution in [2.75, 3.05) is 10.6 Å². The zero-order valence-corrected chi connectivity index (χ0v) is 16.7. The van der Waals surface area contributed by atoms with E-state index < -0.39 is 10.0 Å². The molecule has 0 aliphatic heterocycles. The third-order valence-corrected chi connectivity index (χ3v) is 6.18. The quantitative estimate of drug-likeness (QED) is 0.676. The van der Waals surface area contributed by atoms with E-state index in [-0.39, 0.29) is 4.90 Å². The first-order valence-electron chi connectivity index (χ1n) is 9.27. The molecule has 1 fully saturated rings. The average Bonchev–Trinajstić information content (AvgIpc) is 2.70. The number of aromatic nitrogens is 2. The van der Waals surface area contributed by atoms with Crippen molar-refractivity contribution in [3.63, 3.8) is 0 Å². The van der Waals surface area contributed by atoms with Gasteiger partial charge >= 0.3 is 0 Å². The van der Waals surface area contributed by atoms with E-state index in [2.05, 4.69) is 45.2 Å². The van der Waals surface area contributed by atoms with Gasteiger partial charge in [-0.15, -0.1) is 0 Å². The molecule has 2 aromatic rings. The number of hydrogen-bond acceptors (Lipinski definition) is 6. The van der Waals surface area contributed by atoms with Gasteiger partial charge in [-0.05, 0) is 55.9 Å². The smallest absolute Gasteiger partial charge is 0.281 e. The van der Waals surface area contributed by atoms with Gasteiger partial charge in [-0.1, -0.05) is 19.6 Å². The van der Waals surface area contributed by atoms with Crippen molar-refractivity contribution >= 4 is 40.3 Å². The van der Waals surface area contributed by atoms with Gasteiger partial charge in [0, 0.05) is 30.2 Å². The Labute approximate surface area is 166 Å². The number of nitrogens with zero attached hydrogens (tertiary/aromatic N) is 3. The number of anilines is 3. The summed E-state index contributed by atoms with van der Waals surface area (Å²) in [5.41, 5.74) is 1.52. The maximum atomic E-state index is 11.7. The van der Waals surface area contributed by atoms with Crippen molar-refractivity contribution in [3.05, 3.63) is 42.6 Å². The first-order chi connectivity index (χ1) is 13.4. The Morgan fingerprint density at radius 2 is 1.86 bits per heavy atom. The topological polar surface area (TPSA) is 96.3 Å². The summed E-state index contributed by atoms with van der Waals surface area (Å²) in [6.07, 6.45) is 8.13. The standard InChI is InChI=1S/C20H25N5O2S/c1-4-15-13-22-20(25-19(15)23-16-7-5-14(2)6-8-16)24-17-9-11-18(12-10-17)28(26,27)21-3/h4,9-14,16H,1,3,5-8H2,2H3,(H2,22,23,24,25). The monoisotopic (exact) mass is 399 g/mol. The second kappa shape index (κ2) is 8.52. The molecule has 1 aliphatic carbocycles. The summed E-state index contributed by atoms with van der Waals surface area (Å²) >= 11 is 0. The fourth-order valence-corrected chi connectivity index (χ4v) is 3.86. The van der Waals surface area contributed by atoms with Gasteiger partial charge in [0.1, 0.15) is 5.82 Å². The molecule has 148 valence electrons. The molecule has 28 heavy (non-hydrogen) atoms. The minimum Gasteiger partial charge on any atom is -0.367 e. The third-order valence-electron chi connectivity index (χ3n) is 4.97. The van der Waals surface area contributed by atoms with Gasteiger partial charge in [-0.2, -0.15) is 17.8 Å². The highest BCUT2D eigenvalue weighted by Crippen LogP contribution is 2.27. The van der Waals surface area contributed by atoms with Gasteiger partial charge in [0.15, 0.2) is 0 Å². The summed E-state index contributed by atoms with van der Waals surface area (Å²) in [7, 11) is -3.69. The molecule has 0 amide bonds. The minimum atomic E-state index is -3.69.